The molecule has 0 spiro atoms. The van der Waals surface area contributed by atoms with E-state index in [-0.39, 0.29) is 23.0 Å². The van der Waals surface area contributed by atoms with Gasteiger partial charge >= 0.3 is 6.71 Å². The Hall–Kier alpha value is -5.16. The van der Waals surface area contributed by atoms with Crippen LogP contribution in [0, 0.1) is 6.92 Å². The molecule has 0 amide bonds. The van der Waals surface area contributed by atoms with Gasteiger partial charge in [0.05, 0.1) is 11.3 Å². The molecule has 2 aromatic heterocycles. The lowest BCUT2D eigenvalue weighted by atomic mass is 9.35. The van der Waals surface area contributed by atoms with E-state index in [1.54, 1.807) is 0 Å². The predicted molar refractivity (Wildman–Crippen MR) is 223 cm³/mol. The van der Waals surface area contributed by atoms with Crippen molar-refractivity contribution in [3.05, 3.63) is 132 Å². The van der Waals surface area contributed by atoms with Crippen molar-refractivity contribution in [2.24, 2.45) is 0 Å². The van der Waals surface area contributed by atoms with Gasteiger partial charge in [-0.05, 0) is 106 Å². The first kappa shape index (κ1) is 34.0. The highest BCUT2D eigenvalue weighted by molar-refractivity contribution is 7.01. The molecule has 8 rings (SSSR count). The fourth-order valence-electron chi connectivity index (χ4n) is 8.01. The van der Waals surface area contributed by atoms with Crippen LogP contribution in [-0.4, -0.2) is 6.71 Å². The van der Waals surface area contributed by atoms with Crippen LogP contribution in [0.15, 0.2) is 119 Å². The summed E-state index contributed by atoms with van der Waals surface area (Å²) in [6.45, 7) is 30.8. The van der Waals surface area contributed by atoms with Crippen LogP contribution in [0.5, 0.6) is 0 Å². The maximum atomic E-state index is 7.07. The van der Waals surface area contributed by atoms with E-state index in [1.807, 2.05) is 18.2 Å². The maximum Gasteiger partial charge on any atom is 0.302 e. The molecule has 6 aromatic rings. The molecule has 0 N–H and O–H groups in total. The lowest BCUT2D eigenvalue weighted by Crippen LogP contribution is -2.61. The summed E-state index contributed by atoms with van der Waals surface area (Å²) in [5.74, 6) is 0.834. The maximum absolute atomic E-state index is 7.07. The normalized spacial score (nSPS) is 14.5. The highest BCUT2D eigenvalue weighted by Crippen LogP contribution is 2.48. The lowest BCUT2D eigenvalue weighted by Gasteiger charge is -2.42. The first-order valence-electron chi connectivity index (χ1n) is 18.5. The molecule has 0 atom stereocenters. The van der Waals surface area contributed by atoms with Crippen molar-refractivity contribution in [3.63, 3.8) is 0 Å². The van der Waals surface area contributed by atoms with Crippen LogP contribution in [0.4, 0.5) is 28.6 Å². The minimum absolute atomic E-state index is 0.0276. The second kappa shape index (κ2) is 11.4. The number of hydrogen-bond acceptors (Lipinski definition) is 4. The quantitative estimate of drug-likeness (QED) is 0.136. The molecule has 5 heteroatoms. The third-order valence-electron chi connectivity index (χ3n) is 10.9. The summed E-state index contributed by atoms with van der Waals surface area (Å²) in [6, 6.07) is 27.0. The second-order valence-corrected chi connectivity index (χ2v) is 17.7. The fraction of sp³-hybridized carbons (Fsp3) is 0.277. The molecule has 2 aliphatic rings. The van der Waals surface area contributed by atoms with E-state index in [4.69, 9.17) is 8.83 Å². The number of hydrogen-bond donors (Lipinski definition) is 0. The smallest absolute Gasteiger partial charge is 0.302 e. The highest BCUT2D eigenvalue weighted by Gasteiger charge is 2.50. The predicted octanol–water partition coefficient (Wildman–Crippen LogP) is 11.4. The number of anilines is 5. The van der Waals surface area contributed by atoms with Gasteiger partial charge in [0.1, 0.15) is 11.2 Å². The van der Waals surface area contributed by atoms with Gasteiger partial charge in [0, 0.05) is 39.0 Å². The van der Waals surface area contributed by atoms with Gasteiger partial charge in [-0.15, -0.1) is 0 Å². The molecule has 0 fully saturated rings. The van der Waals surface area contributed by atoms with Crippen molar-refractivity contribution < 1.29 is 8.83 Å². The highest BCUT2D eigenvalue weighted by atomic mass is 16.4. The van der Waals surface area contributed by atoms with Gasteiger partial charge in [-0.25, -0.2) is 0 Å². The Balaban J connectivity index is 1.56. The zero-order valence-corrected chi connectivity index (χ0v) is 32.4. The molecule has 0 aliphatic carbocycles. The number of fused-ring (bicyclic) bond motifs is 8. The first-order valence-corrected chi connectivity index (χ1v) is 18.5. The van der Waals surface area contributed by atoms with E-state index in [1.165, 1.54) is 27.7 Å². The Bertz CT molecular complexity index is 2470. The fourth-order valence-corrected chi connectivity index (χ4v) is 8.01. The number of nitrogens with zero attached hydrogens (tertiary/aromatic N) is 2. The van der Waals surface area contributed by atoms with Crippen molar-refractivity contribution >= 4 is 73.9 Å². The minimum atomic E-state index is -0.218. The Kier molecular flexibility index (Phi) is 7.46. The third-order valence-corrected chi connectivity index (χ3v) is 10.9. The molecule has 4 aromatic carbocycles. The van der Waals surface area contributed by atoms with E-state index in [2.05, 4.69) is 165 Å². The molecular weight excluding hydrogens is 635 g/mol. The van der Waals surface area contributed by atoms with Crippen LogP contribution < -0.4 is 26.4 Å². The van der Waals surface area contributed by atoms with Crippen molar-refractivity contribution in [3.8, 4) is 0 Å². The first-order chi connectivity index (χ1) is 24.5. The van der Waals surface area contributed by atoms with Gasteiger partial charge in [0.15, 0.2) is 0 Å². The number of aryl methyl sites for hydroxylation is 1. The largest absolute Gasteiger partial charge is 0.468 e. The third kappa shape index (κ3) is 5.11. The van der Waals surface area contributed by atoms with E-state index in [9.17, 15) is 0 Å². The molecule has 0 saturated carbocycles. The Morgan fingerprint density at radius 2 is 1.27 bits per heavy atom. The Morgan fingerprint density at radius 3 is 1.90 bits per heavy atom. The molecule has 4 heterocycles. The summed E-state index contributed by atoms with van der Waals surface area (Å²) >= 11 is 0. The number of benzene rings is 4. The minimum Gasteiger partial charge on any atom is -0.468 e. The van der Waals surface area contributed by atoms with Crippen molar-refractivity contribution in [2.45, 2.75) is 85.5 Å². The molecule has 0 bridgehead atoms. The molecule has 262 valence electrons. The summed E-state index contributed by atoms with van der Waals surface area (Å²) in [7, 11) is 0. The van der Waals surface area contributed by atoms with Crippen molar-refractivity contribution in [1.82, 2.24) is 0 Å². The van der Waals surface area contributed by atoms with Crippen LogP contribution in [0.2, 0.25) is 0 Å². The van der Waals surface area contributed by atoms with E-state index in [0.717, 1.165) is 67.4 Å². The Morgan fingerprint density at radius 1 is 0.654 bits per heavy atom. The summed E-state index contributed by atoms with van der Waals surface area (Å²) in [5.41, 5.74) is 15.0. The van der Waals surface area contributed by atoms with Crippen LogP contribution in [0.1, 0.15) is 84.6 Å². The zero-order chi connectivity index (χ0) is 37.1. The van der Waals surface area contributed by atoms with Crippen LogP contribution in [0.25, 0.3) is 21.9 Å². The number of allylic oxidation sites excluding steroid dienone is 3. The molecule has 0 unspecified atom stereocenters. The second-order valence-electron chi connectivity index (χ2n) is 17.7. The summed E-state index contributed by atoms with van der Waals surface area (Å²) in [5, 5.41) is 2.19. The zero-order valence-electron chi connectivity index (χ0n) is 32.4. The molecule has 0 radical (unpaired) electrons. The number of furan rings is 2. The number of rotatable bonds is 4. The van der Waals surface area contributed by atoms with E-state index < -0.39 is 0 Å². The topological polar surface area (TPSA) is 32.8 Å². The lowest BCUT2D eigenvalue weighted by molar-refractivity contribution is 0.588. The van der Waals surface area contributed by atoms with Crippen LogP contribution in [0.3, 0.4) is 0 Å². The Labute approximate surface area is 309 Å². The standard InChI is InChI=1S/C47H49BN2O2/c1-13-15-32(14-2)49-36-26-31(47(10,11)12)27-37-41(36)48(43-42(49)35-24-28(3)16-22-39(35)51-43)40-34-25-30(46(7,8)9)19-23-38(34)52-44(40)50(37)33-20-17-29(18-21-33)45(4,5)6/h13-27H,1-2H2,3-12H3/b32-15+. The summed E-state index contributed by atoms with van der Waals surface area (Å²) in [6.07, 6.45) is 5.81. The molecular formula is C47H49BN2O2. The van der Waals surface area contributed by atoms with Crippen LogP contribution in [-0.2, 0) is 16.2 Å². The summed E-state index contributed by atoms with van der Waals surface area (Å²) in [4.78, 5) is 4.71. The van der Waals surface area contributed by atoms with Gasteiger partial charge in [-0.1, -0.05) is 111 Å². The van der Waals surface area contributed by atoms with Gasteiger partial charge in [0.2, 0.25) is 5.88 Å². The monoisotopic (exact) mass is 684 g/mol. The van der Waals surface area contributed by atoms with Crippen LogP contribution >= 0.6 is 0 Å². The van der Waals surface area contributed by atoms with E-state index in [0.29, 0.717) is 0 Å². The average Bonchev–Trinajstić information content (AvgIpc) is 3.64. The van der Waals surface area contributed by atoms with Gasteiger partial charge in [0.25, 0.3) is 0 Å². The SMILES string of the molecule is C=C/C=C(\C=C)N1c2cc(C(C)(C)C)cc3c2B(c2oc4ccc(C)cc4c21)c1c(oc2ccc(C(C)(C)C)cc12)N3c1ccc(C(C)(C)C)cc1. The average molecular weight is 685 g/mol. The van der Waals surface area contributed by atoms with Crippen molar-refractivity contribution in [2.75, 3.05) is 9.80 Å². The van der Waals surface area contributed by atoms with Gasteiger partial charge in [-0.2, -0.15) is 0 Å². The molecule has 4 nitrogen and oxygen atoms in total. The van der Waals surface area contributed by atoms with Crippen molar-refractivity contribution in [1.29, 1.82) is 0 Å². The van der Waals surface area contributed by atoms with Gasteiger partial charge in [-0.3, -0.25) is 4.90 Å². The van der Waals surface area contributed by atoms with E-state index >= 15 is 0 Å². The molecule has 52 heavy (non-hydrogen) atoms. The van der Waals surface area contributed by atoms with Gasteiger partial charge < -0.3 is 13.7 Å². The molecule has 2 aliphatic heterocycles. The molecule has 0 saturated heterocycles. The summed E-state index contributed by atoms with van der Waals surface area (Å²) < 4.78 is 14.1.